The molecule has 1 aliphatic carbocycles. The lowest BCUT2D eigenvalue weighted by atomic mass is 9.84. The molecule has 124 valence electrons. The van der Waals surface area contributed by atoms with Gasteiger partial charge in [0.25, 0.3) is 0 Å². The second kappa shape index (κ2) is 6.97. The second-order valence-electron chi connectivity index (χ2n) is 6.63. The van der Waals surface area contributed by atoms with E-state index in [1.165, 1.54) is 52.8 Å². The number of hydrogen-bond donors (Lipinski definition) is 0. The molecule has 3 aromatic rings. The molecule has 0 bridgehead atoms. The van der Waals surface area contributed by atoms with Crippen LogP contribution in [0, 0.1) is 6.92 Å². The number of rotatable bonds is 3. The molecule has 1 fully saturated rings. The van der Waals surface area contributed by atoms with E-state index in [1.54, 1.807) is 11.8 Å². The molecule has 1 heterocycles. The van der Waals surface area contributed by atoms with Crippen LogP contribution in [0.2, 0.25) is 0 Å². The van der Waals surface area contributed by atoms with E-state index in [4.69, 9.17) is 4.42 Å². The maximum atomic E-state index is 6.01. The number of halogens is 1. The van der Waals surface area contributed by atoms with Gasteiger partial charge in [0.15, 0.2) is 0 Å². The third-order valence-corrected chi connectivity index (χ3v) is 6.69. The zero-order valence-corrected chi connectivity index (χ0v) is 16.3. The van der Waals surface area contributed by atoms with Crippen molar-refractivity contribution in [3.63, 3.8) is 0 Å². The molecule has 0 atom stereocenters. The number of benzene rings is 2. The van der Waals surface area contributed by atoms with Gasteiger partial charge in [0.2, 0.25) is 0 Å². The van der Waals surface area contributed by atoms with E-state index in [2.05, 4.69) is 65.3 Å². The Bertz CT molecular complexity index is 844. The summed E-state index contributed by atoms with van der Waals surface area (Å²) in [5, 5.41) is 1.27. The van der Waals surface area contributed by atoms with Crippen LogP contribution in [0.1, 0.15) is 49.3 Å². The Balaban J connectivity index is 1.71. The maximum Gasteiger partial charge on any atom is 0.135 e. The molecule has 0 saturated heterocycles. The number of fused-ring (bicyclic) bond motifs is 1. The molecule has 0 amide bonds. The maximum absolute atomic E-state index is 6.01. The Hall–Kier alpha value is -1.19. The number of aryl methyl sites for hydroxylation is 1. The van der Waals surface area contributed by atoms with E-state index in [-0.39, 0.29) is 0 Å². The summed E-state index contributed by atoms with van der Waals surface area (Å²) in [6, 6.07) is 15.3. The summed E-state index contributed by atoms with van der Waals surface area (Å²) in [7, 11) is 0. The summed E-state index contributed by atoms with van der Waals surface area (Å²) in [6.45, 7) is 2.07. The smallest absolute Gasteiger partial charge is 0.135 e. The molecule has 0 spiro atoms. The first kappa shape index (κ1) is 16.3. The number of hydrogen-bond acceptors (Lipinski definition) is 2. The third-order valence-electron chi connectivity index (χ3n) is 4.94. The highest BCUT2D eigenvalue weighted by Crippen LogP contribution is 2.41. The van der Waals surface area contributed by atoms with Gasteiger partial charge in [-0.25, -0.2) is 0 Å². The van der Waals surface area contributed by atoms with Gasteiger partial charge in [0.1, 0.15) is 11.3 Å². The van der Waals surface area contributed by atoms with Crippen LogP contribution in [0.3, 0.4) is 0 Å². The van der Waals surface area contributed by atoms with E-state index in [0.717, 1.165) is 21.7 Å². The minimum atomic E-state index is 0.726. The zero-order valence-electron chi connectivity index (χ0n) is 13.8. The van der Waals surface area contributed by atoms with E-state index < -0.39 is 0 Å². The van der Waals surface area contributed by atoms with Crippen molar-refractivity contribution in [1.82, 2.24) is 0 Å². The van der Waals surface area contributed by atoms with Gasteiger partial charge in [-0.2, -0.15) is 0 Å². The Kier molecular flexibility index (Phi) is 4.73. The summed E-state index contributed by atoms with van der Waals surface area (Å²) < 4.78 is 7.12. The molecular formula is C21H21BrOS. The minimum Gasteiger partial charge on any atom is -0.460 e. The van der Waals surface area contributed by atoms with Gasteiger partial charge in [-0.3, -0.25) is 0 Å². The molecule has 0 aliphatic heterocycles. The van der Waals surface area contributed by atoms with Crippen LogP contribution >= 0.6 is 27.7 Å². The highest BCUT2D eigenvalue weighted by atomic mass is 79.9. The average molecular weight is 401 g/mol. The fourth-order valence-electron chi connectivity index (χ4n) is 3.65. The first-order valence-electron chi connectivity index (χ1n) is 8.67. The van der Waals surface area contributed by atoms with Crippen molar-refractivity contribution in [3.8, 4) is 0 Å². The van der Waals surface area contributed by atoms with Crippen molar-refractivity contribution >= 4 is 38.7 Å². The molecule has 4 rings (SSSR count). The van der Waals surface area contributed by atoms with Gasteiger partial charge in [-0.1, -0.05) is 53.0 Å². The topological polar surface area (TPSA) is 13.1 Å². The summed E-state index contributed by atoms with van der Waals surface area (Å²) in [5.41, 5.74) is 2.49. The number of furan rings is 1. The van der Waals surface area contributed by atoms with Crippen LogP contribution in [-0.2, 0) is 0 Å². The van der Waals surface area contributed by atoms with Crippen LogP contribution in [0.25, 0.3) is 11.0 Å². The minimum absolute atomic E-state index is 0.726. The molecule has 1 aliphatic rings. The van der Waals surface area contributed by atoms with Crippen LogP contribution in [0.15, 0.2) is 61.1 Å². The van der Waals surface area contributed by atoms with Gasteiger partial charge in [0, 0.05) is 14.8 Å². The van der Waals surface area contributed by atoms with Crippen molar-refractivity contribution in [1.29, 1.82) is 0 Å². The largest absolute Gasteiger partial charge is 0.460 e. The first-order chi connectivity index (χ1) is 11.7. The predicted octanol–water partition coefficient (Wildman–Crippen LogP) is 7.70. The third kappa shape index (κ3) is 3.29. The Labute approximate surface area is 156 Å². The van der Waals surface area contributed by atoms with Gasteiger partial charge in [0.05, 0.1) is 4.90 Å². The van der Waals surface area contributed by atoms with E-state index >= 15 is 0 Å². The molecule has 0 radical (unpaired) electrons. The highest BCUT2D eigenvalue weighted by Gasteiger charge is 2.18. The fraction of sp³-hybridized carbons (Fsp3) is 0.333. The molecule has 0 unspecified atom stereocenters. The quantitative estimate of drug-likeness (QED) is 0.446. The Morgan fingerprint density at radius 3 is 2.50 bits per heavy atom. The highest BCUT2D eigenvalue weighted by molar-refractivity contribution is 9.10. The van der Waals surface area contributed by atoms with E-state index in [0.29, 0.717) is 0 Å². The lowest BCUT2D eigenvalue weighted by Crippen LogP contribution is -2.04. The van der Waals surface area contributed by atoms with Crippen molar-refractivity contribution in [2.75, 3.05) is 0 Å². The lowest BCUT2D eigenvalue weighted by Gasteiger charge is -2.21. The van der Waals surface area contributed by atoms with Gasteiger partial charge in [-0.15, -0.1) is 0 Å². The Morgan fingerprint density at radius 1 is 1.00 bits per heavy atom. The molecular weight excluding hydrogens is 380 g/mol. The molecule has 2 aromatic carbocycles. The summed E-state index contributed by atoms with van der Waals surface area (Å²) in [6.07, 6.45) is 6.80. The van der Waals surface area contributed by atoms with Crippen LogP contribution < -0.4 is 0 Å². The van der Waals surface area contributed by atoms with Crippen molar-refractivity contribution in [2.24, 2.45) is 0 Å². The molecule has 0 N–H and O–H groups in total. The van der Waals surface area contributed by atoms with E-state index in [9.17, 15) is 0 Å². The lowest BCUT2D eigenvalue weighted by molar-refractivity contribution is 0.444. The van der Waals surface area contributed by atoms with Crippen molar-refractivity contribution in [3.05, 3.63) is 58.3 Å². The second-order valence-corrected chi connectivity index (χ2v) is 8.63. The predicted molar refractivity (Wildman–Crippen MR) is 105 cm³/mol. The summed E-state index contributed by atoms with van der Waals surface area (Å²) >= 11 is 5.30. The van der Waals surface area contributed by atoms with Gasteiger partial charge < -0.3 is 4.42 Å². The van der Waals surface area contributed by atoms with Gasteiger partial charge in [-0.05, 0) is 67.6 Å². The SMILES string of the molecule is Cc1oc2ccc(C3CCCCC3)cc2c1Sc1ccc(Br)cc1. The van der Waals surface area contributed by atoms with E-state index in [1.807, 2.05) is 0 Å². The first-order valence-corrected chi connectivity index (χ1v) is 10.3. The summed E-state index contributed by atoms with van der Waals surface area (Å²) in [5.74, 6) is 1.74. The van der Waals surface area contributed by atoms with Crippen LogP contribution in [0.4, 0.5) is 0 Å². The molecule has 3 heteroatoms. The standard InChI is InChI=1S/C21H21BrOS/c1-14-21(24-18-10-8-17(22)9-11-18)19-13-16(7-12-20(19)23-14)15-5-3-2-4-6-15/h7-13,15H,2-6H2,1H3. The Morgan fingerprint density at radius 2 is 1.75 bits per heavy atom. The molecule has 24 heavy (non-hydrogen) atoms. The van der Waals surface area contributed by atoms with Crippen molar-refractivity contribution in [2.45, 2.75) is 54.7 Å². The zero-order chi connectivity index (χ0) is 16.5. The van der Waals surface area contributed by atoms with Crippen LogP contribution in [0.5, 0.6) is 0 Å². The monoisotopic (exact) mass is 400 g/mol. The normalized spacial score (nSPS) is 15.9. The fourth-order valence-corrected chi connectivity index (χ4v) is 4.88. The molecule has 1 nitrogen and oxygen atoms in total. The average Bonchev–Trinajstić information content (AvgIpc) is 2.92. The molecule has 1 saturated carbocycles. The van der Waals surface area contributed by atoms with Crippen LogP contribution in [-0.4, -0.2) is 0 Å². The molecule has 1 aromatic heterocycles. The van der Waals surface area contributed by atoms with Crippen molar-refractivity contribution < 1.29 is 4.42 Å². The van der Waals surface area contributed by atoms with Gasteiger partial charge >= 0.3 is 0 Å². The summed E-state index contributed by atoms with van der Waals surface area (Å²) in [4.78, 5) is 2.50.